The summed E-state index contributed by atoms with van der Waals surface area (Å²) in [5, 5.41) is 0.802. The van der Waals surface area contributed by atoms with Crippen LogP contribution in [0.2, 0.25) is 0 Å². The highest BCUT2D eigenvalue weighted by molar-refractivity contribution is 7.66. The second-order valence-electron chi connectivity index (χ2n) is 3.37. The lowest BCUT2D eigenvalue weighted by atomic mass is 10.4. The van der Waals surface area contributed by atoms with E-state index in [0.29, 0.717) is 6.61 Å². The third-order valence-electron chi connectivity index (χ3n) is 2.06. The van der Waals surface area contributed by atoms with Gasteiger partial charge in [-0.15, -0.1) is 0 Å². The van der Waals surface area contributed by atoms with E-state index in [1.165, 1.54) is 0 Å². The molecule has 3 heteroatoms. The van der Waals surface area contributed by atoms with Crippen molar-refractivity contribution in [3.63, 3.8) is 0 Å². The molecule has 0 bridgehead atoms. The fourth-order valence-electron chi connectivity index (χ4n) is 1.16. The second-order valence-corrected chi connectivity index (χ2v) is 5.83. The first-order valence-corrected chi connectivity index (χ1v) is 7.01. The van der Waals surface area contributed by atoms with Crippen molar-refractivity contribution >= 4 is 12.7 Å². The van der Waals surface area contributed by atoms with Crippen LogP contribution in [0.1, 0.15) is 19.8 Å². The van der Waals surface area contributed by atoms with Crippen molar-refractivity contribution in [1.82, 2.24) is 0 Å². The molecule has 14 heavy (non-hydrogen) atoms. The monoisotopic (exact) mass is 212 g/mol. The molecule has 78 valence electrons. The van der Waals surface area contributed by atoms with Gasteiger partial charge in [0.05, 0.1) is 6.61 Å². The Morgan fingerprint density at radius 2 is 1.93 bits per heavy atom. The lowest BCUT2D eigenvalue weighted by Crippen LogP contribution is -2.06. The molecule has 2 nitrogen and oxygen atoms in total. The highest BCUT2D eigenvalue weighted by atomic mass is 31.2. The van der Waals surface area contributed by atoms with Crippen molar-refractivity contribution in [2.45, 2.75) is 19.8 Å². The van der Waals surface area contributed by atoms with Gasteiger partial charge in [0, 0.05) is 12.0 Å². The van der Waals surface area contributed by atoms with Crippen LogP contribution in [0.3, 0.4) is 0 Å². The lowest BCUT2D eigenvalue weighted by Gasteiger charge is -2.13. The first-order chi connectivity index (χ1) is 6.67. The van der Waals surface area contributed by atoms with Gasteiger partial charge in [-0.05, 0) is 18.6 Å². The van der Waals surface area contributed by atoms with E-state index in [-0.39, 0.29) is 0 Å². The summed E-state index contributed by atoms with van der Waals surface area (Å²) in [4.78, 5) is 0. The maximum Gasteiger partial charge on any atom is 0.229 e. The molecule has 0 heterocycles. The van der Waals surface area contributed by atoms with Crippen LogP contribution in [0.5, 0.6) is 0 Å². The molecule has 0 saturated carbocycles. The van der Waals surface area contributed by atoms with Crippen LogP contribution >= 0.6 is 7.37 Å². The van der Waals surface area contributed by atoms with E-state index in [1.807, 2.05) is 30.3 Å². The topological polar surface area (TPSA) is 26.3 Å². The number of hydrogen-bond acceptors (Lipinski definition) is 2. The molecule has 0 N–H and O–H groups in total. The zero-order chi connectivity index (χ0) is 10.4. The van der Waals surface area contributed by atoms with Gasteiger partial charge in [0.2, 0.25) is 7.37 Å². The molecule has 0 radical (unpaired) electrons. The number of unbranched alkanes of at least 4 members (excludes halogenated alkanes) is 1. The standard InChI is InChI=1S/C11H17O2P/c1-3-4-10-13-14(2,12)11-8-6-5-7-9-11/h5-9H,3-4,10H2,1-2H3/t14-/m0/s1. The van der Waals surface area contributed by atoms with E-state index >= 15 is 0 Å². The smallest absolute Gasteiger partial charge is 0.229 e. The van der Waals surface area contributed by atoms with E-state index in [9.17, 15) is 4.57 Å². The maximum atomic E-state index is 12.1. The van der Waals surface area contributed by atoms with Gasteiger partial charge in [0.15, 0.2) is 0 Å². The molecule has 1 aromatic rings. The minimum absolute atomic E-state index is 0.583. The third-order valence-corrected chi connectivity index (χ3v) is 3.97. The predicted octanol–water partition coefficient (Wildman–Crippen LogP) is 3.04. The van der Waals surface area contributed by atoms with Crippen molar-refractivity contribution < 1.29 is 9.09 Å². The molecule has 0 unspecified atom stereocenters. The Labute approximate surface area is 85.7 Å². The number of hydrogen-bond donors (Lipinski definition) is 0. The average Bonchev–Trinajstić information content (AvgIpc) is 2.19. The first kappa shape index (κ1) is 11.5. The van der Waals surface area contributed by atoms with Crippen molar-refractivity contribution in [3.8, 4) is 0 Å². The Morgan fingerprint density at radius 3 is 2.50 bits per heavy atom. The maximum absolute atomic E-state index is 12.1. The van der Waals surface area contributed by atoms with Crippen molar-refractivity contribution in [1.29, 1.82) is 0 Å². The predicted molar refractivity (Wildman–Crippen MR) is 60.5 cm³/mol. The molecule has 0 saturated heterocycles. The van der Waals surface area contributed by atoms with E-state index < -0.39 is 7.37 Å². The number of rotatable bonds is 5. The van der Waals surface area contributed by atoms with Crippen LogP contribution in [0.4, 0.5) is 0 Å². The van der Waals surface area contributed by atoms with Gasteiger partial charge in [0.25, 0.3) is 0 Å². The van der Waals surface area contributed by atoms with Crippen molar-refractivity contribution in [3.05, 3.63) is 30.3 Å². The summed E-state index contributed by atoms with van der Waals surface area (Å²) in [5.41, 5.74) is 0. The molecule has 1 rings (SSSR count). The third kappa shape index (κ3) is 3.28. The molecular formula is C11H17O2P. The molecule has 0 aliphatic carbocycles. The Bertz CT molecular complexity index is 308. The summed E-state index contributed by atoms with van der Waals surface area (Å²) in [5.74, 6) is 0. The Kier molecular flexibility index (Phi) is 4.37. The van der Waals surface area contributed by atoms with Crippen LogP contribution in [0, 0.1) is 0 Å². The van der Waals surface area contributed by atoms with Gasteiger partial charge in [-0.3, -0.25) is 4.57 Å². The summed E-state index contributed by atoms with van der Waals surface area (Å²) in [6.45, 7) is 4.35. The van der Waals surface area contributed by atoms with Crippen LogP contribution in [0.25, 0.3) is 0 Å². The summed E-state index contributed by atoms with van der Waals surface area (Å²) >= 11 is 0. The molecule has 0 aliphatic heterocycles. The fourth-order valence-corrected chi connectivity index (χ4v) is 2.50. The van der Waals surface area contributed by atoms with Gasteiger partial charge in [0.1, 0.15) is 0 Å². The summed E-state index contributed by atoms with van der Waals surface area (Å²) in [6, 6.07) is 9.39. The molecule has 0 aliphatic rings. The molecule has 1 aromatic carbocycles. The largest absolute Gasteiger partial charge is 0.325 e. The Hall–Kier alpha value is -0.590. The second kappa shape index (κ2) is 5.33. The van der Waals surface area contributed by atoms with Crippen LogP contribution in [-0.2, 0) is 9.09 Å². The molecule has 0 aromatic heterocycles. The number of benzene rings is 1. The van der Waals surface area contributed by atoms with Crippen molar-refractivity contribution in [2.24, 2.45) is 0 Å². The molecule has 0 amide bonds. The normalized spacial score (nSPS) is 15.0. The molecule has 1 atom stereocenters. The van der Waals surface area contributed by atoms with E-state index in [0.717, 1.165) is 18.1 Å². The minimum atomic E-state index is -2.57. The fraction of sp³-hybridized carbons (Fsp3) is 0.455. The van der Waals surface area contributed by atoms with Gasteiger partial charge in [-0.1, -0.05) is 31.5 Å². The minimum Gasteiger partial charge on any atom is -0.325 e. The SMILES string of the molecule is CCCCO[P@](C)(=O)c1ccccc1. The highest BCUT2D eigenvalue weighted by Crippen LogP contribution is 2.41. The molecular weight excluding hydrogens is 195 g/mol. The quantitative estimate of drug-likeness (QED) is 0.554. The van der Waals surface area contributed by atoms with E-state index in [4.69, 9.17) is 4.52 Å². The highest BCUT2D eigenvalue weighted by Gasteiger charge is 2.17. The Morgan fingerprint density at radius 1 is 1.29 bits per heavy atom. The van der Waals surface area contributed by atoms with E-state index in [2.05, 4.69) is 6.92 Å². The zero-order valence-corrected chi connectivity index (χ0v) is 9.67. The van der Waals surface area contributed by atoms with Gasteiger partial charge >= 0.3 is 0 Å². The van der Waals surface area contributed by atoms with Crippen molar-refractivity contribution in [2.75, 3.05) is 13.3 Å². The van der Waals surface area contributed by atoms with Gasteiger partial charge in [-0.2, -0.15) is 0 Å². The zero-order valence-electron chi connectivity index (χ0n) is 8.77. The molecule has 0 fully saturated rings. The summed E-state index contributed by atoms with van der Waals surface area (Å²) < 4.78 is 17.5. The van der Waals surface area contributed by atoms with Gasteiger partial charge < -0.3 is 4.52 Å². The average molecular weight is 212 g/mol. The molecule has 0 spiro atoms. The first-order valence-electron chi connectivity index (χ1n) is 4.94. The van der Waals surface area contributed by atoms with Gasteiger partial charge in [-0.25, -0.2) is 0 Å². The lowest BCUT2D eigenvalue weighted by molar-refractivity contribution is 0.316. The summed E-state index contributed by atoms with van der Waals surface area (Å²) in [7, 11) is -2.57. The van der Waals surface area contributed by atoms with Crippen LogP contribution in [0.15, 0.2) is 30.3 Å². The summed E-state index contributed by atoms with van der Waals surface area (Å²) in [6.07, 6.45) is 2.03. The van der Waals surface area contributed by atoms with E-state index in [1.54, 1.807) is 6.66 Å². The van der Waals surface area contributed by atoms with Crippen LogP contribution in [-0.4, -0.2) is 13.3 Å². The Balaban J connectivity index is 2.62. The van der Waals surface area contributed by atoms with Crippen LogP contribution < -0.4 is 5.30 Å².